The zero-order valence-electron chi connectivity index (χ0n) is 11.1. The van der Waals surface area contributed by atoms with Crippen LogP contribution in [0.2, 0.25) is 0 Å². The molecule has 0 radical (unpaired) electrons. The van der Waals surface area contributed by atoms with Gasteiger partial charge in [0.1, 0.15) is 5.69 Å². The van der Waals surface area contributed by atoms with E-state index in [0.29, 0.717) is 6.54 Å². The number of pyridine rings is 1. The summed E-state index contributed by atoms with van der Waals surface area (Å²) in [4.78, 5) is 11.5. The Labute approximate surface area is 110 Å². The maximum Gasteiger partial charge on any atom is 0.431 e. The summed E-state index contributed by atoms with van der Waals surface area (Å²) < 4.78 is 39.0. The second-order valence-electron chi connectivity index (χ2n) is 4.54. The largest absolute Gasteiger partial charge is 0.431 e. The molecule has 0 bridgehead atoms. The zero-order valence-corrected chi connectivity index (χ0v) is 11.1. The van der Waals surface area contributed by atoms with Gasteiger partial charge >= 0.3 is 6.18 Å². The molecule has 108 valence electrons. The number of nitrogens with zero attached hydrogens (tertiary/aromatic N) is 1. The maximum atomic E-state index is 12.8. The quantitative estimate of drug-likeness (QED) is 0.866. The second kappa shape index (κ2) is 6.75. The lowest BCUT2D eigenvalue weighted by Gasteiger charge is -2.17. The van der Waals surface area contributed by atoms with Crippen LogP contribution in [0.25, 0.3) is 0 Å². The van der Waals surface area contributed by atoms with Crippen molar-refractivity contribution >= 4 is 0 Å². The normalized spacial score (nSPS) is 13.5. The number of hydrogen-bond donors (Lipinski definition) is 1. The van der Waals surface area contributed by atoms with Gasteiger partial charge < -0.3 is 9.88 Å². The fourth-order valence-corrected chi connectivity index (χ4v) is 1.96. The Bertz CT molecular complexity index is 454. The van der Waals surface area contributed by atoms with Gasteiger partial charge in [-0.3, -0.25) is 4.79 Å². The van der Waals surface area contributed by atoms with Gasteiger partial charge in [-0.15, -0.1) is 0 Å². The molecule has 3 nitrogen and oxygen atoms in total. The van der Waals surface area contributed by atoms with E-state index in [1.165, 1.54) is 0 Å². The minimum Gasteiger partial charge on any atom is -0.312 e. The molecule has 0 aliphatic rings. The first kappa shape index (κ1) is 15.8. The molecule has 1 N–H and O–H groups in total. The third kappa shape index (κ3) is 4.70. The lowest BCUT2D eigenvalue weighted by atomic mass is 10.2. The van der Waals surface area contributed by atoms with Crippen LogP contribution in [-0.2, 0) is 12.7 Å². The van der Waals surface area contributed by atoms with E-state index in [1.54, 1.807) is 0 Å². The molecule has 1 aromatic heterocycles. The van der Waals surface area contributed by atoms with E-state index in [4.69, 9.17) is 0 Å². The number of alkyl halides is 3. The molecule has 0 aliphatic carbocycles. The molecule has 1 unspecified atom stereocenters. The summed E-state index contributed by atoms with van der Waals surface area (Å²) in [6, 6.07) is 3.44. The molecule has 0 amide bonds. The van der Waals surface area contributed by atoms with Gasteiger partial charge in [0.15, 0.2) is 0 Å². The summed E-state index contributed by atoms with van der Waals surface area (Å²) in [5.41, 5.74) is -1.52. The van der Waals surface area contributed by atoms with E-state index >= 15 is 0 Å². The van der Waals surface area contributed by atoms with Crippen molar-refractivity contribution < 1.29 is 13.2 Å². The van der Waals surface area contributed by atoms with E-state index in [1.807, 2.05) is 13.8 Å². The molecule has 1 heterocycles. The highest BCUT2D eigenvalue weighted by Gasteiger charge is 2.33. The van der Waals surface area contributed by atoms with Crippen molar-refractivity contribution in [2.45, 2.75) is 45.5 Å². The zero-order chi connectivity index (χ0) is 14.5. The first-order valence-corrected chi connectivity index (χ1v) is 6.36. The Morgan fingerprint density at radius 3 is 2.63 bits per heavy atom. The highest BCUT2D eigenvalue weighted by molar-refractivity contribution is 5.10. The predicted molar refractivity (Wildman–Crippen MR) is 68.1 cm³/mol. The smallest absolute Gasteiger partial charge is 0.312 e. The highest BCUT2D eigenvalue weighted by Crippen LogP contribution is 2.27. The van der Waals surface area contributed by atoms with E-state index < -0.39 is 17.4 Å². The van der Waals surface area contributed by atoms with Gasteiger partial charge in [0, 0.05) is 25.2 Å². The average Bonchev–Trinajstić information content (AvgIpc) is 2.30. The summed E-state index contributed by atoms with van der Waals surface area (Å²) >= 11 is 0. The first-order chi connectivity index (χ1) is 8.86. The lowest BCUT2D eigenvalue weighted by molar-refractivity contribution is -0.144. The number of nitrogens with one attached hydrogen (secondary N) is 1. The molecule has 0 saturated carbocycles. The summed E-state index contributed by atoms with van der Waals surface area (Å²) in [5.74, 6) is 0. The molecule has 6 heteroatoms. The van der Waals surface area contributed by atoms with Crippen LogP contribution in [0.5, 0.6) is 0 Å². The van der Waals surface area contributed by atoms with Gasteiger partial charge in [-0.2, -0.15) is 13.2 Å². The minimum absolute atomic E-state index is 0.0164. The Hall–Kier alpha value is -1.30. The van der Waals surface area contributed by atoms with Gasteiger partial charge in [0.2, 0.25) is 0 Å². The fourth-order valence-electron chi connectivity index (χ4n) is 1.96. The van der Waals surface area contributed by atoms with E-state index in [0.717, 1.165) is 35.6 Å². The summed E-state index contributed by atoms with van der Waals surface area (Å²) in [7, 11) is 0. The number of rotatable bonds is 6. The van der Waals surface area contributed by atoms with Crippen LogP contribution in [0.1, 0.15) is 32.4 Å². The molecule has 0 saturated heterocycles. The maximum absolute atomic E-state index is 12.8. The number of halogens is 3. The van der Waals surface area contributed by atoms with Crippen molar-refractivity contribution in [1.29, 1.82) is 0 Å². The minimum atomic E-state index is -4.50. The highest BCUT2D eigenvalue weighted by atomic mass is 19.4. The molecule has 1 rings (SSSR count). The number of aromatic nitrogens is 1. The second-order valence-corrected chi connectivity index (χ2v) is 4.54. The third-order valence-corrected chi connectivity index (χ3v) is 2.89. The molecule has 0 aromatic carbocycles. The predicted octanol–water partition coefficient (Wildman–Crippen LogP) is 2.65. The molecule has 0 aliphatic heterocycles. The van der Waals surface area contributed by atoms with E-state index in [2.05, 4.69) is 5.32 Å². The van der Waals surface area contributed by atoms with Crippen LogP contribution < -0.4 is 10.9 Å². The summed E-state index contributed by atoms with van der Waals surface area (Å²) in [5, 5.41) is 3.11. The summed E-state index contributed by atoms with van der Waals surface area (Å²) in [6.45, 7) is 4.38. The van der Waals surface area contributed by atoms with Gasteiger partial charge in [0.25, 0.3) is 5.56 Å². The molecular weight excluding hydrogens is 257 g/mol. The van der Waals surface area contributed by atoms with Crippen molar-refractivity contribution in [3.63, 3.8) is 0 Å². The van der Waals surface area contributed by atoms with Crippen molar-refractivity contribution in [1.82, 2.24) is 9.88 Å². The third-order valence-electron chi connectivity index (χ3n) is 2.89. The lowest BCUT2D eigenvalue weighted by Crippen LogP contribution is -2.34. The van der Waals surface area contributed by atoms with Crippen molar-refractivity contribution in [2.75, 3.05) is 6.54 Å². The van der Waals surface area contributed by atoms with Crippen molar-refractivity contribution in [3.8, 4) is 0 Å². The van der Waals surface area contributed by atoms with E-state index in [9.17, 15) is 18.0 Å². The number of hydrogen-bond acceptors (Lipinski definition) is 2. The molecule has 0 spiro atoms. The van der Waals surface area contributed by atoms with Crippen molar-refractivity contribution in [2.24, 2.45) is 0 Å². The molecule has 1 aromatic rings. The van der Waals surface area contributed by atoms with Crippen LogP contribution in [-0.4, -0.2) is 17.2 Å². The SMILES string of the molecule is CCCC(C)NCCn1c(C(F)(F)F)cccc1=O. The molecule has 0 fully saturated rings. The monoisotopic (exact) mass is 276 g/mol. The van der Waals surface area contributed by atoms with Gasteiger partial charge in [-0.25, -0.2) is 0 Å². The van der Waals surface area contributed by atoms with Gasteiger partial charge in [-0.1, -0.05) is 19.4 Å². The average molecular weight is 276 g/mol. The van der Waals surface area contributed by atoms with Crippen LogP contribution in [0.15, 0.2) is 23.0 Å². The fraction of sp³-hybridized carbons (Fsp3) is 0.615. The van der Waals surface area contributed by atoms with Crippen LogP contribution in [0, 0.1) is 0 Å². The molecule has 19 heavy (non-hydrogen) atoms. The first-order valence-electron chi connectivity index (χ1n) is 6.36. The van der Waals surface area contributed by atoms with Crippen LogP contribution in [0.4, 0.5) is 13.2 Å². The molecule has 1 atom stereocenters. The summed E-state index contributed by atoms with van der Waals surface area (Å²) in [6.07, 6.45) is -2.54. The molecular formula is C13H19F3N2O. The van der Waals surface area contributed by atoms with Gasteiger partial charge in [-0.05, 0) is 19.4 Å². The Morgan fingerprint density at radius 1 is 1.37 bits per heavy atom. The standard InChI is InChI=1S/C13H19F3N2O/c1-3-5-10(2)17-8-9-18-11(13(14,15)16)6-4-7-12(18)19/h4,6-7,10,17H,3,5,8-9H2,1-2H3. The van der Waals surface area contributed by atoms with Crippen molar-refractivity contribution in [3.05, 3.63) is 34.2 Å². The Balaban J connectivity index is 2.75. The topological polar surface area (TPSA) is 34.0 Å². The van der Waals surface area contributed by atoms with E-state index in [-0.39, 0.29) is 12.6 Å². The Kier molecular flexibility index (Phi) is 5.60. The van der Waals surface area contributed by atoms with Crippen LogP contribution >= 0.6 is 0 Å². The van der Waals surface area contributed by atoms with Crippen LogP contribution in [0.3, 0.4) is 0 Å². The van der Waals surface area contributed by atoms with Gasteiger partial charge in [0.05, 0.1) is 0 Å². The Morgan fingerprint density at radius 2 is 2.05 bits per heavy atom.